The summed E-state index contributed by atoms with van der Waals surface area (Å²) in [5.74, 6) is -0.479. The molecule has 2 fully saturated rings. The van der Waals surface area contributed by atoms with E-state index in [1.54, 1.807) is 0 Å². The van der Waals surface area contributed by atoms with Crippen molar-refractivity contribution in [2.75, 3.05) is 13.2 Å². The largest absolute Gasteiger partial charge is 0.393 e. The average Bonchev–Trinajstić information content (AvgIpc) is 2.61. The number of nitrogens with zero attached hydrogens (tertiary/aromatic N) is 1. The van der Waals surface area contributed by atoms with Gasteiger partial charge in [0.1, 0.15) is 0 Å². The Morgan fingerprint density at radius 2 is 2.14 bits per heavy atom. The molecule has 2 atom stereocenters. The third-order valence-corrected chi connectivity index (χ3v) is 3.11. The Morgan fingerprint density at radius 1 is 1.43 bits per heavy atom. The van der Waals surface area contributed by atoms with Crippen LogP contribution in [0, 0.1) is 17.2 Å². The van der Waals surface area contributed by atoms with Crippen LogP contribution >= 0.6 is 0 Å². The summed E-state index contributed by atoms with van der Waals surface area (Å²) in [7, 11) is 0. The van der Waals surface area contributed by atoms with E-state index >= 15 is 0 Å². The predicted octanol–water partition coefficient (Wildman–Crippen LogP) is 0.804. The number of hydrogen-bond acceptors (Lipinski definition) is 4. The summed E-state index contributed by atoms with van der Waals surface area (Å²) in [6.07, 6.45) is 2.09. The van der Waals surface area contributed by atoms with Crippen LogP contribution in [0.1, 0.15) is 25.7 Å². The molecule has 1 spiro atoms. The summed E-state index contributed by atoms with van der Waals surface area (Å²) < 4.78 is 11.1. The second-order valence-electron chi connectivity index (χ2n) is 4.04. The number of hydrogen-bond donors (Lipinski definition) is 1. The molecule has 1 aliphatic heterocycles. The van der Waals surface area contributed by atoms with E-state index in [2.05, 4.69) is 6.07 Å². The van der Waals surface area contributed by atoms with Crippen LogP contribution in [0.5, 0.6) is 0 Å². The molecule has 78 valence electrons. The zero-order valence-corrected chi connectivity index (χ0v) is 8.11. The molecule has 0 radical (unpaired) electrons. The Labute approximate surface area is 83.4 Å². The number of aliphatic hydroxyl groups is 1. The summed E-state index contributed by atoms with van der Waals surface area (Å²) in [5, 5.41) is 18.3. The maximum atomic E-state index is 9.68. The second-order valence-corrected chi connectivity index (χ2v) is 4.04. The normalized spacial score (nSPS) is 35.7. The first kappa shape index (κ1) is 9.91. The van der Waals surface area contributed by atoms with Crippen LogP contribution in [0.15, 0.2) is 0 Å². The molecule has 0 aromatic rings. The van der Waals surface area contributed by atoms with E-state index in [9.17, 15) is 5.11 Å². The van der Waals surface area contributed by atoms with E-state index in [0.29, 0.717) is 32.5 Å². The highest BCUT2D eigenvalue weighted by molar-refractivity contribution is 4.91. The molecule has 0 amide bonds. The quantitative estimate of drug-likeness (QED) is 0.675. The Hall–Kier alpha value is -0.630. The maximum Gasteiger partial charge on any atom is 0.168 e. The van der Waals surface area contributed by atoms with Gasteiger partial charge in [-0.1, -0.05) is 0 Å². The van der Waals surface area contributed by atoms with Gasteiger partial charge in [-0.2, -0.15) is 5.26 Å². The van der Waals surface area contributed by atoms with E-state index in [-0.39, 0.29) is 12.0 Å². The highest BCUT2D eigenvalue weighted by Crippen LogP contribution is 2.39. The van der Waals surface area contributed by atoms with Gasteiger partial charge < -0.3 is 14.6 Å². The molecule has 0 aromatic heterocycles. The maximum absolute atomic E-state index is 9.68. The lowest BCUT2D eigenvalue weighted by Crippen LogP contribution is -2.42. The van der Waals surface area contributed by atoms with Crippen LogP contribution < -0.4 is 0 Å². The lowest BCUT2D eigenvalue weighted by atomic mass is 9.81. The second kappa shape index (κ2) is 3.85. The minimum Gasteiger partial charge on any atom is -0.393 e. The van der Waals surface area contributed by atoms with Gasteiger partial charge in [0.05, 0.1) is 25.4 Å². The molecule has 0 bridgehead atoms. The summed E-state index contributed by atoms with van der Waals surface area (Å²) in [4.78, 5) is 0. The molecular weight excluding hydrogens is 182 g/mol. The smallest absolute Gasteiger partial charge is 0.168 e. The topological polar surface area (TPSA) is 62.5 Å². The third kappa shape index (κ3) is 1.76. The summed E-state index contributed by atoms with van der Waals surface area (Å²) in [6.45, 7) is 1.27. The minimum atomic E-state index is -0.485. The molecule has 4 heteroatoms. The average molecular weight is 197 g/mol. The van der Waals surface area contributed by atoms with Gasteiger partial charge in [0.15, 0.2) is 5.79 Å². The lowest BCUT2D eigenvalue weighted by Gasteiger charge is -2.38. The molecule has 2 unspecified atom stereocenters. The third-order valence-electron chi connectivity index (χ3n) is 3.11. The highest BCUT2D eigenvalue weighted by Gasteiger charge is 2.44. The first-order valence-electron chi connectivity index (χ1n) is 5.09. The van der Waals surface area contributed by atoms with Crippen LogP contribution in [-0.2, 0) is 9.47 Å². The van der Waals surface area contributed by atoms with E-state index in [1.807, 2.05) is 0 Å². The van der Waals surface area contributed by atoms with Gasteiger partial charge in [-0.25, -0.2) is 0 Å². The lowest BCUT2D eigenvalue weighted by molar-refractivity contribution is -0.201. The zero-order valence-electron chi connectivity index (χ0n) is 8.11. The molecule has 0 aromatic carbocycles. The van der Waals surface area contributed by atoms with Gasteiger partial charge in [-0.3, -0.25) is 0 Å². The Balaban J connectivity index is 2.01. The molecule has 14 heavy (non-hydrogen) atoms. The molecule has 1 saturated carbocycles. The molecule has 1 aliphatic carbocycles. The number of nitriles is 1. The summed E-state index contributed by atoms with van der Waals surface area (Å²) in [6, 6.07) is 2.10. The molecule has 2 aliphatic rings. The molecule has 1 saturated heterocycles. The molecule has 1 N–H and O–H groups in total. The fourth-order valence-electron chi connectivity index (χ4n) is 2.33. The van der Waals surface area contributed by atoms with Gasteiger partial charge in [0.25, 0.3) is 0 Å². The van der Waals surface area contributed by atoms with Crippen molar-refractivity contribution >= 4 is 0 Å². The van der Waals surface area contributed by atoms with E-state index in [1.165, 1.54) is 0 Å². The molecule has 2 rings (SSSR count). The van der Waals surface area contributed by atoms with Crippen LogP contribution in [0.25, 0.3) is 0 Å². The summed E-state index contributed by atoms with van der Waals surface area (Å²) >= 11 is 0. The zero-order chi connectivity index (χ0) is 10.0. The van der Waals surface area contributed by atoms with Crippen molar-refractivity contribution in [2.24, 2.45) is 5.92 Å². The van der Waals surface area contributed by atoms with Crippen LogP contribution in [0.3, 0.4) is 0 Å². The Kier molecular flexibility index (Phi) is 2.73. The monoisotopic (exact) mass is 197 g/mol. The van der Waals surface area contributed by atoms with Gasteiger partial charge >= 0.3 is 0 Å². The Bertz CT molecular complexity index is 242. The molecule has 4 nitrogen and oxygen atoms in total. The van der Waals surface area contributed by atoms with Crippen molar-refractivity contribution in [1.29, 1.82) is 5.26 Å². The predicted molar refractivity (Wildman–Crippen MR) is 48.2 cm³/mol. The fourth-order valence-corrected chi connectivity index (χ4v) is 2.33. The fraction of sp³-hybridized carbons (Fsp3) is 0.900. The van der Waals surface area contributed by atoms with Crippen molar-refractivity contribution < 1.29 is 14.6 Å². The first-order valence-corrected chi connectivity index (χ1v) is 5.09. The number of rotatable bonds is 1. The highest BCUT2D eigenvalue weighted by atomic mass is 16.7. The van der Waals surface area contributed by atoms with Crippen LogP contribution in [-0.4, -0.2) is 30.2 Å². The Morgan fingerprint density at radius 3 is 2.79 bits per heavy atom. The van der Waals surface area contributed by atoms with Crippen molar-refractivity contribution in [2.45, 2.75) is 37.6 Å². The van der Waals surface area contributed by atoms with Gasteiger partial charge in [0, 0.05) is 25.2 Å². The SMILES string of the molecule is N#CCC1CC2(CCC1O)OCCO2. The first-order chi connectivity index (χ1) is 6.76. The molecule has 1 heterocycles. The van der Waals surface area contributed by atoms with E-state index < -0.39 is 5.79 Å². The number of ether oxygens (including phenoxy) is 2. The van der Waals surface area contributed by atoms with Gasteiger partial charge in [-0.05, 0) is 6.42 Å². The van der Waals surface area contributed by atoms with Gasteiger partial charge in [0.2, 0.25) is 0 Å². The minimum absolute atomic E-state index is 0.00634. The van der Waals surface area contributed by atoms with Crippen molar-refractivity contribution in [1.82, 2.24) is 0 Å². The van der Waals surface area contributed by atoms with Crippen LogP contribution in [0.2, 0.25) is 0 Å². The summed E-state index contributed by atoms with van der Waals surface area (Å²) in [5.41, 5.74) is 0. The van der Waals surface area contributed by atoms with Crippen molar-refractivity contribution in [3.05, 3.63) is 0 Å². The van der Waals surface area contributed by atoms with Crippen molar-refractivity contribution in [3.8, 4) is 6.07 Å². The van der Waals surface area contributed by atoms with Crippen LogP contribution in [0.4, 0.5) is 0 Å². The van der Waals surface area contributed by atoms with E-state index in [4.69, 9.17) is 14.7 Å². The molecular formula is C10H15NO3. The standard InChI is InChI=1S/C10H15NO3/c11-4-2-8-7-10(3-1-9(8)12)13-5-6-14-10/h8-9,12H,1-3,5-7H2. The van der Waals surface area contributed by atoms with E-state index in [0.717, 1.165) is 6.42 Å². The number of aliphatic hydroxyl groups excluding tert-OH is 1. The van der Waals surface area contributed by atoms with Gasteiger partial charge in [-0.15, -0.1) is 0 Å². The van der Waals surface area contributed by atoms with Crippen molar-refractivity contribution in [3.63, 3.8) is 0 Å².